The molecular weight excluding hydrogens is 382 g/mol. The third kappa shape index (κ3) is 6.61. The first-order chi connectivity index (χ1) is 11.0. The molecule has 5 nitrogen and oxygen atoms in total. The first kappa shape index (κ1) is 20.1. The minimum Gasteiger partial charge on any atom is -0.490 e. The lowest BCUT2D eigenvalue weighted by Gasteiger charge is -2.17. The Morgan fingerprint density at radius 2 is 2.04 bits per heavy atom. The number of nitrogens with one attached hydrogen (secondary N) is 1. The number of aliphatic carboxylic acids is 1. The van der Waals surface area contributed by atoms with Crippen LogP contribution in [0.15, 0.2) is 16.6 Å². The third-order valence-electron chi connectivity index (χ3n) is 3.12. The van der Waals surface area contributed by atoms with Gasteiger partial charge in [0.1, 0.15) is 6.04 Å². The normalized spacial score (nSPS) is 12.0. The van der Waals surface area contributed by atoms with Crippen molar-refractivity contribution < 1.29 is 19.4 Å². The van der Waals surface area contributed by atoms with Crippen molar-refractivity contribution in [3.63, 3.8) is 0 Å². The molecule has 0 saturated carbocycles. The summed E-state index contributed by atoms with van der Waals surface area (Å²) in [6.45, 7) is 5.37. The summed E-state index contributed by atoms with van der Waals surface area (Å²) in [4.78, 5) is 11.3. The third-order valence-corrected chi connectivity index (χ3v) is 4.35. The Balaban J connectivity index is 2.85. The number of hydrogen-bond donors (Lipinski definition) is 2. The van der Waals surface area contributed by atoms with E-state index in [4.69, 9.17) is 9.47 Å². The minimum absolute atomic E-state index is 0.455. The molecule has 7 heteroatoms. The van der Waals surface area contributed by atoms with Crippen LogP contribution in [-0.4, -0.2) is 42.3 Å². The summed E-state index contributed by atoms with van der Waals surface area (Å²) in [5.41, 5.74) is 0.944. The first-order valence-electron chi connectivity index (χ1n) is 7.56. The van der Waals surface area contributed by atoms with Gasteiger partial charge in [-0.25, -0.2) is 0 Å². The van der Waals surface area contributed by atoms with Crippen molar-refractivity contribution in [1.29, 1.82) is 0 Å². The van der Waals surface area contributed by atoms with Crippen molar-refractivity contribution in [3.8, 4) is 11.5 Å². The van der Waals surface area contributed by atoms with Crippen LogP contribution in [-0.2, 0) is 11.3 Å². The van der Waals surface area contributed by atoms with Gasteiger partial charge in [0.25, 0.3) is 0 Å². The number of carboxylic acid groups (broad SMARTS) is 1. The lowest BCUT2D eigenvalue weighted by Crippen LogP contribution is -2.36. The molecular formula is C16H24BrNO4S. The molecule has 0 aromatic heterocycles. The molecule has 0 fully saturated rings. The van der Waals surface area contributed by atoms with Gasteiger partial charge in [0.2, 0.25) is 0 Å². The van der Waals surface area contributed by atoms with Gasteiger partial charge in [0, 0.05) is 6.54 Å². The van der Waals surface area contributed by atoms with Gasteiger partial charge in [-0.1, -0.05) is 0 Å². The van der Waals surface area contributed by atoms with Crippen LogP contribution in [0.4, 0.5) is 0 Å². The van der Waals surface area contributed by atoms with E-state index in [2.05, 4.69) is 21.2 Å². The molecule has 0 radical (unpaired) electrons. The average Bonchev–Trinajstić information content (AvgIpc) is 2.50. The molecule has 1 unspecified atom stereocenters. The van der Waals surface area contributed by atoms with Crippen molar-refractivity contribution in [1.82, 2.24) is 5.32 Å². The summed E-state index contributed by atoms with van der Waals surface area (Å²) in [6.07, 6.45) is 2.56. The summed E-state index contributed by atoms with van der Waals surface area (Å²) in [5, 5.41) is 12.3. The Bertz CT molecular complexity index is 513. The maximum absolute atomic E-state index is 11.3. The highest BCUT2D eigenvalue weighted by atomic mass is 79.9. The van der Waals surface area contributed by atoms with Gasteiger partial charge in [0.15, 0.2) is 11.5 Å². The molecule has 1 atom stereocenters. The van der Waals surface area contributed by atoms with Crippen LogP contribution >= 0.6 is 27.7 Å². The second-order valence-corrected chi connectivity index (χ2v) is 6.66. The van der Waals surface area contributed by atoms with Gasteiger partial charge in [0.05, 0.1) is 17.7 Å². The van der Waals surface area contributed by atoms with E-state index in [0.29, 0.717) is 37.7 Å². The highest BCUT2D eigenvalue weighted by Gasteiger charge is 2.17. The molecule has 0 saturated heterocycles. The summed E-state index contributed by atoms with van der Waals surface area (Å²) in [6, 6.07) is 3.26. The molecule has 0 aliphatic heterocycles. The second kappa shape index (κ2) is 10.8. The Morgan fingerprint density at radius 3 is 2.61 bits per heavy atom. The topological polar surface area (TPSA) is 67.8 Å². The molecule has 0 bridgehead atoms. The zero-order chi connectivity index (χ0) is 17.2. The molecule has 0 spiro atoms. The number of halogens is 1. The lowest BCUT2D eigenvalue weighted by molar-refractivity contribution is -0.139. The number of rotatable bonds is 11. The van der Waals surface area contributed by atoms with Crippen LogP contribution in [0.2, 0.25) is 0 Å². The average molecular weight is 406 g/mol. The molecule has 0 aliphatic rings. The molecule has 1 aromatic rings. The van der Waals surface area contributed by atoms with Crippen molar-refractivity contribution in [2.24, 2.45) is 0 Å². The van der Waals surface area contributed by atoms with E-state index < -0.39 is 12.0 Å². The SMILES string of the molecule is CCOc1cc(CNC(CCSC)C(=O)O)cc(Br)c1OCC. The number of hydrogen-bond acceptors (Lipinski definition) is 5. The quantitative estimate of drug-likeness (QED) is 0.586. The highest BCUT2D eigenvalue weighted by molar-refractivity contribution is 9.10. The van der Waals surface area contributed by atoms with E-state index in [-0.39, 0.29) is 0 Å². The van der Waals surface area contributed by atoms with E-state index in [0.717, 1.165) is 15.8 Å². The fraction of sp³-hybridized carbons (Fsp3) is 0.562. The van der Waals surface area contributed by atoms with Crippen LogP contribution in [0.5, 0.6) is 11.5 Å². The summed E-state index contributed by atoms with van der Waals surface area (Å²) in [5.74, 6) is 1.32. The molecule has 1 aromatic carbocycles. The Morgan fingerprint density at radius 1 is 1.35 bits per heavy atom. The number of ether oxygens (including phenoxy) is 2. The first-order valence-corrected chi connectivity index (χ1v) is 9.75. The van der Waals surface area contributed by atoms with Gasteiger partial charge in [-0.3, -0.25) is 4.79 Å². The van der Waals surface area contributed by atoms with Gasteiger partial charge in [-0.05, 0) is 65.9 Å². The minimum atomic E-state index is -0.825. The summed E-state index contributed by atoms with van der Waals surface area (Å²) in [7, 11) is 0. The van der Waals surface area contributed by atoms with Crippen LogP contribution in [0.3, 0.4) is 0 Å². The molecule has 0 amide bonds. The predicted octanol–water partition coefficient (Wildman–Crippen LogP) is 3.54. The maximum Gasteiger partial charge on any atom is 0.320 e. The van der Waals surface area contributed by atoms with Crippen LogP contribution in [0, 0.1) is 0 Å². The van der Waals surface area contributed by atoms with Crippen LogP contribution < -0.4 is 14.8 Å². The smallest absolute Gasteiger partial charge is 0.320 e. The fourth-order valence-corrected chi connectivity index (χ4v) is 3.14. The van der Waals surface area contributed by atoms with Crippen LogP contribution in [0.1, 0.15) is 25.8 Å². The van der Waals surface area contributed by atoms with E-state index in [9.17, 15) is 9.90 Å². The van der Waals surface area contributed by atoms with Crippen molar-refractivity contribution in [2.45, 2.75) is 32.9 Å². The largest absolute Gasteiger partial charge is 0.490 e. The zero-order valence-corrected chi connectivity index (χ0v) is 16.1. The van der Waals surface area contributed by atoms with Crippen molar-refractivity contribution in [2.75, 3.05) is 25.2 Å². The number of benzene rings is 1. The molecule has 130 valence electrons. The number of thioether (sulfide) groups is 1. The Labute approximate surface area is 150 Å². The van der Waals surface area contributed by atoms with Crippen molar-refractivity contribution >= 4 is 33.7 Å². The molecule has 1 rings (SSSR count). The van der Waals surface area contributed by atoms with Gasteiger partial charge in [-0.2, -0.15) is 11.8 Å². The molecule has 23 heavy (non-hydrogen) atoms. The molecule has 0 aliphatic carbocycles. The standard InChI is InChI=1S/C16H24BrNO4S/c1-4-21-14-9-11(8-12(17)15(14)22-5-2)10-18-13(16(19)20)6-7-23-3/h8-9,13,18H,4-7,10H2,1-3H3,(H,19,20). The lowest BCUT2D eigenvalue weighted by atomic mass is 10.1. The monoisotopic (exact) mass is 405 g/mol. The molecule has 0 heterocycles. The molecule has 2 N–H and O–H groups in total. The maximum atomic E-state index is 11.3. The predicted molar refractivity (Wildman–Crippen MR) is 97.7 cm³/mol. The number of carboxylic acids is 1. The van der Waals surface area contributed by atoms with E-state index in [1.807, 2.05) is 32.2 Å². The van der Waals surface area contributed by atoms with Gasteiger partial charge in [-0.15, -0.1) is 0 Å². The fourth-order valence-electron chi connectivity index (χ4n) is 2.06. The number of carbonyl (C=O) groups is 1. The van der Waals surface area contributed by atoms with E-state index in [1.54, 1.807) is 11.8 Å². The Kier molecular flexibility index (Phi) is 9.43. The van der Waals surface area contributed by atoms with Crippen molar-refractivity contribution in [3.05, 3.63) is 22.2 Å². The second-order valence-electron chi connectivity index (χ2n) is 4.82. The van der Waals surface area contributed by atoms with Gasteiger partial charge < -0.3 is 19.9 Å². The summed E-state index contributed by atoms with van der Waals surface area (Å²) >= 11 is 5.14. The van der Waals surface area contributed by atoms with Crippen LogP contribution in [0.25, 0.3) is 0 Å². The summed E-state index contributed by atoms with van der Waals surface area (Å²) < 4.78 is 12.0. The van der Waals surface area contributed by atoms with E-state index >= 15 is 0 Å². The zero-order valence-electron chi connectivity index (χ0n) is 13.7. The highest BCUT2D eigenvalue weighted by Crippen LogP contribution is 2.37. The van der Waals surface area contributed by atoms with E-state index in [1.165, 1.54) is 0 Å². The Hall–Kier alpha value is -0.920. The van der Waals surface area contributed by atoms with Gasteiger partial charge >= 0.3 is 5.97 Å².